The van der Waals surface area contributed by atoms with Crippen molar-refractivity contribution in [3.63, 3.8) is 0 Å². The van der Waals surface area contributed by atoms with Crippen molar-refractivity contribution >= 4 is 6.09 Å². The maximum absolute atomic E-state index is 10.9. The Labute approximate surface area is 91.4 Å². The zero-order valence-electron chi connectivity index (χ0n) is 9.81. The summed E-state index contributed by atoms with van der Waals surface area (Å²) in [6.45, 7) is 6.45. The number of amides is 1. The molecule has 0 radical (unpaired) electrons. The van der Waals surface area contributed by atoms with E-state index in [1.54, 1.807) is 0 Å². The molecular weight excluding hydrogens is 192 g/mol. The van der Waals surface area contributed by atoms with E-state index in [2.05, 4.69) is 20.8 Å². The standard InChI is InChI=1S/C11H22N2O2/c1-7(2)9-5-4-8(3)6-10(9)13(12)11(14)15/h7-10H,4-6,12H2,1-3H3,(H,14,15). The molecule has 0 aromatic rings. The number of rotatable bonds is 2. The average molecular weight is 214 g/mol. The Morgan fingerprint density at radius 1 is 1.47 bits per heavy atom. The van der Waals surface area contributed by atoms with Crippen molar-refractivity contribution < 1.29 is 9.90 Å². The predicted octanol–water partition coefficient (Wildman–Crippen LogP) is 2.30. The van der Waals surface area contributed by atoms with Gasteiger partial charge in [0.1, 0.15) is 0 Å². The fraction of sp³-hybridized carbons (Fsp3) is 0.909. The first-order valence-corrected chi connectivity index (χ1v) is 5.70. The van der Waals surface area contributed by atoms with Gasteiger partial charge >= 0.3 is 6.09 Å². The third-order valence-electron chi connectivity index (χ3n) is 3.57. The van der Waals surface area contributed by atoms with Crippen LogP contribution in [0.5, 0.6) is 0 Å². The molecule has 0 aromatic carbocycles. The molecule has 3 N–H and O–H groups in total. The Balaban J connectivity index is 2.74. The van der Waals surface area contributed by atoms with Gasteiger partial charge in [0, 0.05) is 0 Å². The predicted molar refractivity (Wildman–Crippen MR) is 59.2 cm³/mol. The molecule has 88 valence electrons. The fourth-order valence-electron chi connectivity index (χ4n) is 2.61. The maximum atomic E-state index is 10.9. The Morgan fingerprint density at radius 2 is 2.07 bits per heavy atom. The summed E-state index contributed by atoms with van der Waals surface area (Å²) in [5, 5.41) is 9.94. The van der Waals surface area contributed by atoms with Crippen molar-refractivity contribution in [3.8, 4) is 0 Å². The molecule has 0 bridgehead atoms. The molecule has 0 aliphatic heterocycles. The molecule has 0 saturated heterocycles. The zero-order valence-corrected chi connectivity index (χ0v) is 9.81. The van der Waals surface area contributed by atoms with Crippen molar-refractivity contribution in [1.29, 1.82) is 0 Å². The lowest BCUT2D eigenvalue weighted by Gasteiger charge is -2.40. The van der Waals surface area contributed by atoms with E-state index in [0.29, 0.717) is 17.8 Å². The first-order valence-electron chi connectivity index (χ1n) is 5.70. The van der Waals surface area contributed by atoms with Crippen LogP contribution >= 0.6 is 0 Å². The van der Waals surface area contributed by atoms with Crippen LogP contribution < -0.4 is 5.84 Å². The van der Waals surface area contributed by atoms with E-state index in [9.17, 15) is 4.79 Å². The Bertz CT molecular complexity index is 231. The van der Waals surface area contributed by atoms with E-state index < -0.39 is 6.09 Å². The molecule has 15 heavy (non-hydrogen) atoms. The molecule has 3 unspecified atom stereocenters. The van der Waals surface area contributed by atoms with Gasteiger partial charge in [0.15, 0.2) is 0 Å². The Hall–Kier alpha value is -0.770. The smallest absolute Gasteiger partial charge is 0.421 e. The van der Waals surface area contributed by atoms with Gasteiger partial charge in [-0.3, -0.25) is 0 Å². The number of carbonyl (C=O) groups is 1. The summed E-state index contributed by atoms with van der Waals surface area (Å²) in [5.74, 6) is 7.09. The molecule has 0 heterocycles. The highest BCUT2D eigenvalue weighted by molar-refractivity contribution is 5.64. The van der Waals surface area contributed by atoms with Crippen LogP contribution in [0.25, 0.3) is 0 Å². The van der Waals surface area contributed by atoms with Gasteiger partial charge in [-0.2, -0.15) is 0 Å². The molecule has 1 aliphatic rings. The zero-order chi connectivity index (χ0) is 11.6. The molecule has 1 fully saturated rings. The highest BCUT2D eigenvalue weighted by Crippen LogP contribution is 2.35. The van der Waals surface area contributed by atoms with Gasteiger partial charge < -0.3 is 5.11 Å². The second-order valence-electron chi connectivity index (χ2n) is 5.08. The summed E-state index contributed by atoms with van der Waals surface area (Å²) in [7, 11) is 0. The van der Waals surface area contributed by atoms with Crippen LogP contribution in [0.15, 0.2) is 0 Å². The van der Waals surface area contributed by atoms with Gasteiger partial charge in [-0.1, -0.05) is 27.2 Å². The average Bonchev–Trinajstić information content (AvgIpc) is 2.15. The number of hydrazine groups is 1. The van der Waals surface area contributed by atoms with E-state index in [1.165, 1.54) is 6.42 Å². The van der Waals surface area contributed by atoms with E-state index in [4.69, 9.17) is 10.9 Å². The molecule has 1 amide bonds. The molecule has 4 heteroatoms. The summed E-state index contributed by atoms with van der Waals surface area (Å²) in [6, 6.07) is -0.00810. The Kier molecular flexibility index (Phi) is 3.97. The van der Waals surface area contributed by atoms with Crippen molar-refractivity contribution in [2.45, 2.75) is 46.1 Å². The van der Waals surface area contributed by atoms with Gasteiger partial charge in [0.2, 0.25) is 0 Å². The third kappa shape index (κ3) is 2.84. The van der Waals surface area contributed by atoms with Crippen LogP contribution in [0.3, 0.4) is 0 Å². The minimum absolute atomic E-state index is 0.00810. The number of nitrogens with two attached hydrogens (primary N) is 1. The summed E-state index contributed by atoms with van der Waals surface area (Å²) in [5.41, 5.74) is 0. The normalized spacial score (nSPS) is 31.7. The first-order chi connectivity index (χ1) is 6.93. The van der Waals surface area contributed by atoms with E-state index in [1.807, 2.05) is 0 Å². The first kappa shape index (κ1) is 12.3. The van der Waals surface area contributed by atoms with Gasteiger partial charge in [-0.05, 0) is 30.6 Å². The van der Waals surface area contributed by atoms with Crippen LogP contribution in [0.2, 0.25) is 0 Å². The number of hydrogen-bond acceptors (Lipinski definition) is 2. The SMILES string of the molecule is CC1CCC(C(C)C)C(N(N)C(=O)O)C1. The van der Waals surface area contributed by atoms with Gasteiger partial charge in [0.25, 0.3) is 0 Å². The summed E-state index contributed by atoms with van der Waals surface area (Å²) < 4.78 is 0. The molecular formula is C11H22N2O2. The van der Waals surface area contributed by atoms with Crippen LogP contribution in [-0.2, 0) is 0 Å². The number of hydrogen-bond donors (Lipinski definition) is 2. The Morgan fingerprint density at radius 3 is 2.53 bits per heavy atom. The largest absolute Gasteiger partial charge is 0.464 e. The number of carboxylic acid groups (broad SMARTS) is 1. The van der Waals surface area contributed by atoms with Crippen molar-refractivity contribution in [3.05, 3.63) is 0 Å². The summed E-state index contributed by atoms with van der Waals surface area (Å²) in [4.78, 5) is 10.9. The molecule has 4 nitrogen and oxygen atoms in total. The second kappa shape index (κ2) is 4.84. The van der Waals surface area contributed by atoms with Crippen molar-refractivity contribution in [1.82, 2.24) is 5.01 Å². The number of nitrogens with zero attached hydrogens (tertiary/aromatic N) is 1. The van der Waals surface area contributed by atoms with Crippen molar-refractivity contribution in [2.75, 3.05) is 0 Å². The van der Waals surface area contributed by atoms with Crippen LogP contribution in [-0.4, -0.2) is 22.3 Å². The second-order valence-corrected chi connectivity index (χ2v) is 5.08. The minimum Gasteiger partial charge on any atom is -0.464 e. The quantitative estimate of drug-likeness (QED) is 0.421. The molecule has 1 aliphatic carbocycles. The molecule has 1 rings (SSSR count). The van der Waals surface area contributed by atoms with Gasteiger partial charge in [-0.25, -0.2) is 15.6 Å². The van der Waals surface area contributed by atoms with Gasteiger partial charge in [0.05, 0.1) is 6.04 Å². The maximum Gasteiger partial charge on any atom is 0.421 e. The summed E-state index contributed by atoms with van der Waals surface area (Å²) in [6.07, 6.45) is 2.16. The van der Waals surface area contributed by atoms with E-state index in [-0.39, 0.29) is 6.04 Å². The molecule has 0 aromatic heterocycles. The van der Waals surface area contributed by atoms with Crippen LogP contribution in [0.1, 0.15) is 40.0 Å². The monoisotopic (exact) mass is 214 g/mol. The van der Waals surface area contributed by atoms with E-state index in [0.717, 1.165) is 17.9 Å². The lowest BCUT2D eigenvalue weighted by Crippen LogP contribution is -2.52. The lowest BCUT2D eigenvalue weighted by molar-refractivity contribution is 0.0565. The van der Waals surface area contributed by atoms with Gasteiger partial charge in [-0.15, -0.1) is 0 Å². The summed E-state index contributed by atoms with van der Waals surface area (Å²) >= 11 is 0. The fourth-order valence-corrected chi connectivity index (χ4v) is 2.61. The van der Waals surface area contributed by atoms with Crippen LogP contribution in [0.4, 0.5) is 4.79 Å². The highest BCUT2D eigenvalue weighted by atomic mass is 16.4. The topological polar surface area (TPSA) is 66.6 Å². The van der Waals surface area contributed by atoms with Crippen LogP contribution in [0, 0.1) is 17.8 Å². The van der Waals surface area contributed by atoms with E-state index >= 15 is 0 Å². The molecule has 3 atom stereocenters. The molecule has 0 spiro atoms. The minimum atomic E-state index is -1.01. The third-order valence-corrected chi connectivity index (χ3v) is 3.57. The lowest BCUT2D eigenvalue weighted by atomic mass is 9.74. The van der Waals surface area contributed by atoms with Crippen molar-refractivity contribution in [2.24, 2.45) is 23.6 Å². The highest BCUT2D eigenvalue weighted by Gasteiger charge is 2.35. The molecule has 1 saturated carbocycles.